The SMILES string of the molecule is CCC(Cc1ncoc1C(=O)NCC1CC1)c1ccc(OCCCN2CCCC2C)cc1. The van der Waals surface area contributed by atoms with Crippen molar-refractivity contribution in [3.8, 4) is 5.75 Å². The number of benzene rings is 1. The molecular formula is C26H37N3O3. The molecule has 2 atom stereocenters. The number of nitrogens with zero attached hydrogens (tertiary/aromatic N) is 2. The third kappa shape index (κ3) is 6.12. The molecule has 6 heteroatoms. The molecule has 1 aliphatic heterocycles. The molecule has 1 N–H and O–H groups in total. The van der Waals surface area contributed by atoms with Crippen LogP contribution in [0, 0.1) is 5.92 Å². The predicted molar refractivity (Wildman–Crippen MR) is 125 cm³/mol. The monoisotopic (exact) mass is 439 g/mol. The largest absolute Gasteiger partial charge is 0.494 e. The lowest BCUT2D eigenvalue weighted by Crippen LogP contribution is -2.28. The lowest BCUT2D eigenvalue weighted by Gasteiger charge is -2.20. The van der Waals surface area contributed by atoms with Crippen LogP contribution in [0.1, 0.15) is 80.1 Å². The van der Waals surface area contributed by atoms with E-state index in [1.54, 1.807) is 0 Å². The van der Waals surface area contributed by atoms with Crippen LogP contribution in [0.5, 0.6) is 5.75 Å². The molecule has 6 nitrogen and oxygen atoms in total. The van der Waals surface area contributed by atoms with Crippen molar-refractivity contribution in [3.63, 3.8) is 0 Å². The summed E-state index contributed by atoms with van der Waals surface area (Å²) in [6.45, 7) is 8.31. The number of hydrogen-bond acceptors (Lipinski definition) is 5. The van der Waals surface area contributed by atoms with Gasteiger partial charge in [-0.25, -0.2) is 4.98 Å². The molecule has 0 spiro atoms. The topological polar surface area (TPSA) is 67.6 Å². The molecule has 1 saturated carbocycles. The zero-order chi connectivity index (χ0) is 22.3. The van der Waals surface area contributed by atoms with Crippen LogP contribution in [-0.2, 0) is 6.42 Å². The Balaban J connectivity index is 1.27. The Morgan fingerprint density at radius 1 is 1.28 bits per heavy atom. The van der Waals surface area contributed by atoms with Crippen molar-refractivity contribution in [1.82, 2.24) is 15.2 Å². The number of nitrogens with one attached hydrogen (secondary N) is 1. The fourth-order valence-electron chi connectivity index (χ4n) is 4.59. The molecule has 4 rings (SSSR count). The lowest BCUT2D eigenvalue weighted by atomic mass is 9.91. The number of aromatic nitrogens is 1. The van der Waals surface area contributed by atoms with Gasteiger partial charge in [0.05, 0.1) is 12.3 Å². The van der Waals surface area contributed by atoms with Crippen molar-refractivity contribution in [2.45, 2.75) is 70.8 Å². The van der Waals surface area contributed by atoms with Crippen molar-refractivity contribution < 1.29 is 13.9 Å². The smallest absolute Gasteiger partial charge is 0.289 e. The Morgan fingerprint density at radius 2 is 2.09 bits per heavy atom. The van der Waals surface area contributed by atoms with Gasteiger partial charge in [-0.1, -0.05) is 19.1 Å². The van der Waals surface area contributed by atoms with E-state index in [0.717, 1.165) is 50.0 Å². The van der Waals surface area contributed by atoms with Crippen LogP contribution in [0.15, 0.2) is 35.1 Å². The van der Waals surface area contributed by atoms with Crippen molar-refractivity contribution in [2.75, 3.05) is 26.2 Å². The van der Waals surface area contributed by atoms with Gasteiger partial charge < -0.3 is 19.4 Å². The normalized spacial score (nSPS) is 19.8. The van der Waals surface area contributed by atoms with E-state index in [4.69, 9.17) is 9.15 Å². The number of rotatable bonds is 12. The summed E-state index contributed by atoms with van der Waals surface area (Å²) < 4.78 is 11.4. The second kappa shape index (κ2) is 11.0. The van der Waals surface area contributed by atoms with Gasteiger partial charge in [0.1, 0.15) is 5.75 Å². The average molecular weight is 440 g/mol. The average Bonchev–Trinajstić information content (AvgIpc) is 3.37. The van der Waals surface area contributed by atoms with Gasteiger partial charge in [0, 0.05) is 25.6 Å². The predicted octanol–water partition coefficient (Wildman–Crippen LogP) is 4.80. The first-order valence-corrected chi connectivity index (χ1v) is 12.3. The molecule has 0 bridgehead atoms. The van der Waals surface area contributed by atoms with Crippen molar-refractivity contribution in [1.29, 1.82) is 0 Å². The van der Waals surface area contributed by atoms with E-state index < -0.39 is 0 Å². The minimum Gasteiger partial charge on any atom is -0.494 e. The van der Waals surface area contributed by atoms with Crippen LogP contribution in [-0.4, -0.2) is 48.1 Å². The number of hydrogen-bond donors (Lipinski definition) is 1. The highest BCUT2D eigenvalue weighted by Gasteiger charge is 2.25. The third-order valence-electron chi connectivity index (χ3n) is 6.93. The summed E-state index contributed by atoms with van der Waals surface area (Å²) in [5.74, 6) is 2.04. The number of likely N-dealkylation sites (tertiary alicyclic amines) is 1. The van der Waals surface area contributed by atoms with Crippen LogP contribution < -0.4 is 10.1 Å². The number of amides is 1. The molecule has 174 valence electrons. The molecule has 1 aliphatic carbocycles. The van der Waals surface area contributed by atoms with E-state index in [2.05, 4.69) is 53.3 Å². The summed E-state index contributed by atoms with van der Waals surface area (Å²) in [6, 6.07) is 9.11. The van der Waals surface area contributed by atoms with Gasteiger partial charge >= 0.3 is 0 Å². The summed E-state index contributed by atoms with van der Waals surface area (Å²) in [5, 5.41) is 2.98. The molecule has 2 heterocycles. The molecule has 0 radical (unpaired) electrons. The summed E-state index contributed by atoms with van der Waals surface area (Å²) >= 11 is 0. The molecule has 1 amide bonds. The van der Waals surface area contributed by atoms with Crippen LogP contribution in [0.25, 0.3) is 0 Å². The van der Waals surface area contributed by atoms with Crippen LogP contribution in [0.2, 0.25) is 0 Å². The van der Waals surface area contributed by atoms with Gasteiger partial charge in [0.2, 0.25) is 5.76 Å². The van der Waals surface area contributed by atoms with Gasteiger partial charge in [0.15, 0.2) is 6.39 Å². The summed E-state index contributed by atoms with van der Waals surface area (Å²) in [5.41, 5.74) is 1.97. The molecule has 2 unspecified atom stereocenters. The van der Waals surface area contributed by atoms with Crippen LogP contribution >= 0.6 is 0 Å². The standard InChI is InChI=1S/C26H37N3O3/c1-3-21(16-24-25(32-18-28-24)26(30)27-17-20-7-8-20)22-9-11-23(12-10-22)31-15-5-14-29-13-4-6-19(29)2/h9-12,18-21H,3-8,13-17H2,1-2H3,(H,27,30). The molecule has 1 aromatic heterocycles. The van der Waals surface area contributed by atoms with Crippen molar-refractivity contribution >= 4 is 5.91 Å². The first-order chi connectivity index (χ1) is 15.6. The molecule has 2 fully saturated rings. The Bertz CT molecular complexity index is 859. The Kier molecular flexibility index (Phi) is 7.85. The highest BCUT2D eigenvalue weighted by molar-refractivity contribution is 5.92. The summed E-state index contributed by atoms with van der Waals surface area (Å²) in [7, 11) is 0. The molecule has 2 aromatic rings. The van der Waals surface area contributed by atoms with Crippen molar-refractivity contribution in [2.24, 2.45) is 5.92 Å². The Morgan fingerprint density at radius 3 is 2.78 bits per heavy atom. The maximum absolute atomic E-state index is 12.5. The van der Waals surface area contributed by atoms with Gasteiger partial charge in [-0.3, -0.25) is 4.79 Å². The zero-order valence-electron chi connectivity index (χ0n) is 19.5. The molecule has 2 aliphatic rings. The third-order valence-corrected chi connectivity index (χ3v) is 6.93. The van der Waals surface area contributed by atoms with E-state index >= 15 is 0 Å². The van der Waals surface area contributed by atoms with Crippen LogP contribution in [0.3, 0.4) is 0 Å². The van der Waals surface area contributed by atoms with Gasteiger partial charge in [0.25, 0.3) is 5.91 Å². The maximum Gasteiger partial charge on any atom is 0.289 e. The van der Waals surface area contributed by atoms with E-state index in [1.165, 1.54) is 44.2 Å². The summed E-state index contributed by atoms with van der Waals surface area (Å²) in [4.78, 5) is 19.4. The van der Waals surface area contributed by atoms with Gasteiger partial charge in [-0.05, 0) is 81.5 Å². The Labute approximate surface area is 191 Å². The number of carbonyl (C=O) groups is 1. The van der Waals surface area contributed by atoms with Crippen LogP contribution in [0.4, 0.5) is 0 Å². The first kappa shape index (κ1) is 22.8. The summed E-state index contributed by atoms with van der Waals surface area (Å²) in [6.07, 6.45) is 9.15. The highest BCUT2D eigenvalue weighted by atomic mass is 16.5. The van der Waals surface area contributed by atoms with E-state index in [1.807, 2.05) is 0 Å². The molecular weight excluding hydrogens is 402 g/mol. The van der Waals surface area contributed by atoms with Crippen molar-refractivity contribution in [3.05, 3.63) is 47.7 Å². The van der Waals surface area contributed by atoms with E-state index in [9.17, 15) is 4.79 Å². The maximum atomic E-state index is 12.5. The Hall–Kier alpha value is -2.34. The van der Waals surface area contributed by atoms with Gasteiger partial charge in [-0.15, -0.1) is 0 Å². The number of carbonyl (C=O) groups excluding carboxylic acids is 1. The minimum absolute atomic E-state index is 0.147. The second-order valence-electron chi connectivity index (χ2n) is 9.39. The number of ether oxygens (including phenoxy) is 1. The molecule has 1 aromatic carbocycles. The fourth-order valence-corrected chi connectivity index (χ4v) is 4.59. The van der Waals surface area contributed by atoms with Gasteiger partial charge in [-0.2, -0.15) is 0 Å². The lowest BCUT2D eigenvalue weighted by molar-refractivity contribution is 0.0922. The first-order valence-electron chi connectivity index (χ1n) is 12.3. The molecule has 1 saturated heterocycles. The van der Waals surface area contributed by atoms with E-state index in [-0.39, 0.29) is 11.8 Å². The second-order valence-corrected chi connectivity index (χ2v) is 9.39. The fraction of sp³-hybridized carbons (Fsp3) is 0.615. The molecule has 32 heavy (non-hydrogen) atoms. The minimum atomic E-state index is -0.147. The van der Waals surface area contributed by atoms with E-state index in [0.29, 0.717) is 18.1 Å². The highest BCUT2D eigenvalue weighted by Crippen LogP contribution is 2.29. The quantitative estimate of drug-likeness (QED) is 0.481. The zero-order valence-corrected chi connectivity index (χ0v) is 19.5. The number of oxazole rings is 1.